The molecule has 1 rings (SSSR count). The number of sulfonamides is 1. The molecule has 0 aliphatic heterocycles. The van der Waals surface area contributed by atoms with Gasteiger partial charge in [0.1, 0.15) is 5.82 Å². The minimum absolute atomic E-state index is 0.0572. The maximum Gasteiger partial charge on any atom is 0.238 e. The summed E-state index contributed by atoms with van der Waals surface area (Å²) >= 11 is 0. The Morgan fingerprint density at radius 3 is 2.44 bits per heavy atom. The van der Waals surface area contributed by atoms with Crippen LogP contribution in [0.2, 0.25) is 0 Å². The zero-order valence-electron chi connectivity index (χ0n) is 9.48. The topological polar surface area (TPSA) is 88.8 Å². The van der Waals surface area contributed by atoms with Crippen molar-refractivity contribution in [2.24, 2.45) is 5.14 Å². The molecule has 0 saturated heterocycles. The molecule has 0 amide bonds. The van der Waals surface area contributed by atoms with E-state index in [0.29, 0.717) is 17.2 Å². The number of nitrogens with one attached hydrogen (secondary N) is 1. The van der Waals surface area contributed by atoms with Crippen molar-refractivity contribution >= 4 is 10.0 Å². The molecule has 0 saturated carbocycles. The lowest BCUT2D eigenvalue weighted by molar-refractivity contribution is 0.597. The molecule has 88 valence electrons. The molecule has 5 nitrogen and oxygen atoms in total. The van der Waals surface area contributed by atoms with Crippen LogP contribution in [0.5, 0.6) is 0 Å². The average Bonchev–Trinajstić information content (AvgIpc) is 2.13. The van der Waals surface area contributed by atoms with E-state index in [-0.39, 0.29) is 4.90 Å². The summed E-state index contributed by atoms with van der Waals surface area (Å²) < 4.78 is 22.5. The van der Waals surface area contributed by atoms with E-state index in [1.54, 1.807) is 26.8 Å². The highest BCUT2D eigenvalue weighted by molar-refractivity contribution is 7.89. The number of aromatic amines is 1. The van der Waals surface area contributed by atoms with Crippen LogP contribution < -0.4 is 5.14 Å². The Kier molecular flexibility index (Phi) is 3.66. The molecule has 6 heteroatoms. The predicted molar refractivity (Wildman–Crippen MR) is 61.8 cm³/mol. The van der Waals surface area contributed by atoms with Crippen molar-refractivity contribution < 1.29 is 8.42 Å². The largest absolute Gasteiger partial charge is 0.348 e. The summed E-state index contributed by atoms with van der Waals surface area (Å²) in [5, 5.41) is 5.09. The third-order valence-electron chi connectivity index (χ3n) is 1.90. The fourth-order valence-electron chi connectivity index (χ4n) is 1.29. The van der Waals surface area contributed by atoms with Crippen LogP contribution in [0.25, 0.3) is 0 Å². The summed E-state index contributed by atoms with van der Waals surface area (Å²) in [5.74, 6) is 0.701. The van der Waals surface area contributed by atoms with Gasteiger partial charge in [-0.05, 0) is 39.0 Å². The van der Waals surface area contributed by atoms with Gasteiger partial charge in [-0.1, -0.05) is 0 Å². The Bertz CT molecular complexity index is 545. The molecule has 1 heterocycles. The zero-order valence-corrected chi connectivity index (χ0v) is 10.3. The van der Waals surface area contributed by atoms with Gasteiger partial charge < -0.3 is 4.98 Å². The van der Waals surface area contributed by atoms with E-state index in [2.05, 4.69) is 9.97 Å². The van der Waals surface area contributed by atoms with Crippen LogP contribution >= 0.6 is 0 Å². The Hall–Kier alpha value is -1.40. The number of nitrogens with zero attached hydrogens (tertiary/aromatic N) is 1. The van der Waals surface area contributed by atoms with Crippen molar-refractivity contribution in [3.8, 4) is 0 Å². The van der Waals surface area contributed by atoms with Gasteiger partial charge in [-0.2, -0.15) is 0 Å². The molecular weight excluding hydrogens is 226 g/mol. The van der Waals surface area contributed by atoms with Crippen LogP contribution in [-0.2, 0) is 10.0 Å². The van der Waals surface area contributed by atoms with Gasteiger partial charge in [0, 0.05) is 11.4 Å². The molecule has 1 aromatic rings. The Labute approximate surface area is 95.1 Å². The number of aromatic nitrogens is 2. The molecule has 0 atom stereocenters. The first-order chi connectivity index (χ1) is 7.29. The zero-order chi connectivity index (χ0) is 12.3. The van der Waals surface area contributed by atoms with Crippen molar-refractivity contribution in [2.75, 3.05) is 0 Å². The second-order valence-corrected chi connectivity index (χ2v) is 5.13. The molecular formula is C10H15N3O2S. The molecule has 0 aliphatic rings. The van der Waals surface area contributed by atoms with Crippen LogP contribution in [0.4, 0.5) is 0 Å². The summed E-state index contributed by atoms with van der Waals surface area (Å²) in [7, 11) is -3.71. The van der Waals surface area contributed by atoms with Crippen LogP contribution in [0.15, 0.2) is 23.1 Å². The number of aryl methyl sites for hydroxylation is 3. The smallest absolute Gasteiger partial charge is 0.238 e. The van der Waals surface area contributed by atoms with E-state index in [9.17, 15) is 8.42 Å². The van der Waals surface area contributed by atoms with E-state index < -0.39 is 10.0 Å². The lowest BCUT2D eigenvalue weighted by Gasteiger charge is -1.94. The molecule has 0 aliphatic carbocycles. The predicted octanol–water partition coefficient (Wildman–Crippen LogP) is 1.11. The van der Waals surface area contributed by atoms with Gasteiger partial charge >= 0.3 is 0 Å². The van der Waals surface area contributed by atoms with E-state index in [1.165, 1.54) is 12.1 Å². The average molecular weight is 241 g/mol. The summed E-state index contributed by atoms with van der Waals surface area (Å²) in [4.78, 5) is 7.23. The maximum atomic E-state index is 11.3. The van der Waals surface area contributed by atoms with Crippen molar-refractivity contribution in [2.45, 2.75) is 25.7 Å². The first-order valence-electron chi connectivity index (χ1n) is 4.71. The number of rotatable bonds is 1. The van der Waals surface area contributed by atoms with E-state index in [1.807, 2.05) is 0 Å². The normalized spacial score (nSPS) is 11.0. The fourth-order valence-corrected chi connectivity index (χ4v) is 1.89. The number of hydrogen-bond donors (Lipinski definition) is 2. The third kappa shape index (κ3) is 3.63. The van der Waals surface area contributed by atoms with E-state index in [4.69, 9.17) is 5.14 Å². The quantitative estimate of drug-likeness (QED) is 0.771. The van der Waals surface area contributed by atoms with Crippen molar-refractivity contribution in [3.63, 3.8) is 0 Å². The monoisotopic (exact) mass is 241 g/mol. The number of H-pyrrole nitrogens is 1. The van der Waals surface area contributed by atoms with Gasteiger partial charge in [0.2, 0.25) is 10.0 Å². The fraction of sp³-hybridized carbons (Fsp3) is 0.300. The molecule has 16 heavy (non-hydrogen) atoms. The minimum Gasteiger partial charge on any atom is -0.348 e. The van der Waals surface area contributed by atoms with Gasteiger partial charge in [-0.15, -0.1) is 0 Å². The summed E-state index contributed by atoms with van der Waals surface area (Å²) in [6, 6.07) is 4.53. The van der Waals surface area contributed by atoms with Gasteiger partial charge in [0.25, 0.3) is 0 Å². The highest BCUT2D eigenvalue weighted by Gasteiger charge is 2.05. The second-order valence-electron chi connectivity index (χ2n) is 3.57. The lowest BCUT2D eigenvalue weighted by Crippen LogP contribution is -2.11. The maximum absolute atomic E-state index is 11.3. The van der Waals surface area contributed by atoms with Crippen LogP contribution in [0.3, 0.4) is 0 Å². The van der Waals surface area contributed by atoms with Gasteiger partial charge in [-0.3, -0.25) is 0 Å². The molecule has 0 unspecified atom stereocenters. The third-order valence-corrected chi connectivity index (χ3v) is 2.81. The highest BCUT2D eigenvalue weighted by Crippen LogP contribution is 2.05. The molecule has 0 bridgehead atoms. The first-order valence-corrected chi connectivity index (χ1v) is 6.25. The van der Waals surface area contributed by atoms with Gasteiger partial charge in [-0.25, -0.2) is 18.5 Å². The molecule has 0 aromatic carbocycles. The highest BCUT2D eigenvalue weighted by atomic mass is 32.2. The van der Waals surface area contributed by atoms with E-state index >= 15 is 0 Å². The molecule has 0 radical (unpaired) electrons. The molecule has 0 spiro atoms. The van der Waals surface area contributed by atoms with E-state index in [0.717, 1.165) is 0 Å². The molecule has 0 fully saturated rings. The number of nitrogens with two attached hydrogens (primary N) is 1. The van der Waals surface area contributed by atoms with Gasteiger partial charge in [0.15, 0.2) is 0 Å². The van der Waals surface area contributed by atoms with Crippen LogP contribution in [0, 0.1) is 20.8 Å². The molecule has 1 aromatic heterocycles. The van der Waals surface area contributed by atoms with Crippen molar-refractivity contribution in [3.05, 3.63) is 35.4 Å². The SMILES string of the molecule is Cc1ccc(S(N)(=O)=O)cc(C)[nH]c(C)n1. The summed E-state index contributed by atoms with van der Waals surface area (Å²) in [5.41, 5.74) is 1.37. The Morgan fingerprint density at radius 1 is 1.25 bits per heavy atom. The first kappa shape index (κ1) is 12.7. The van der Waals surface area contributed by atoms with Gasteiger partial charge in [0.05, 0.1) is 4.90 Å². The summed E-state index contributed by atoms with van der Waals surface area (Å²) in [6.45, 7) is 5.33. The standard InChI is InChI=1S/C10H15N3O2S/c1-7-4-5-10(16(11,14)15)6-8(2)13-9(3)12-7/h4-6H,1-3H3,(H,12,13)(H2,11,14,15). The van der Waals surface area contributed by atoms with Crippen LogP contribution in [-0.4, -0.2) is 18.4 Å². The number of hydrogen-bond acceptors (Lipinski definition) is 3. The Balaban J connectivity index is 3.65. The van der Waals surface area contributed by atoms with Crippen molar-refractivity contribution in [1.29, 1.82) is 0 Å². The molecule has 3 N–H and O–H groups in total. The Morgan fingerprint density at radius 2 is 1.88 bits per heavy atom. The number of primary sulfonamides is 1. The second kappa shape index (κ2) is 4.63. The van der Waals surface area contributed by atoms with Crippen molar-refractivity contribution in [1.82, 2.24) is 9.97 Å². The summed E-state index contributed by atoms with van der Waals surface area (Å²) in [6.07, 6.45) is 0. The minimum atomic E-state index is -3.71. The lowest BCUT2D eigenvalue weighted by atomic mass is 10.4. The van der Waals surface area contributed by atoms with Crippen LogP contribution in [0.1, 0.15) is 17.2 Å².